The average Bonchev–Trinajstić information content (AvgIpc) is 3.13. The maximum Gasteiger partial charge on any atom is 0.337 e. The fraction of sp³-hybridized carbons (Fsp3) is 0.154. The molecule has 4 rings (SSSR count). The zero-order valence-electron chi connectivity index (χ0n) is 18.6. The number of ether oxygens (including phenoxy) is 1. The molecule has 33 heavy (non-hydrogen) atoms. The van der Waals surface area contributed by atoms with Gasteiger partial charge in [0, 0.05) is 22.3 Å². The smallest absolute Gasteiger partial charge is 0.337 e. The van der Waals surface area contributed by atoms with Gasteiger partial charge < -0.3 is 20.3 Å². The molecule has 0 spiro atoms. The lowest BCUT2D eigenvalue weighted by Gasteiger charge is -2.17. The molecular weight excluding hydrogens is 482 g/mol. The molecule has 3 aromatic rings. The summed E-state index contributed by atoms with van der Waals surface area (Å²) < 4.78 is 5.79. The number of esters is 1. The Bertz CT molecular complexity index is 1250. The first-order valence-corrected chi connectivity index (χ1v) is 11.2. The summed E-state index contributed by atoms with van der Waals surface area (Å²) in [5.41, 5.74) is 5.78. The standard InChI is InChI=1S/C26H24BrN3O3/c1-30(2)15-18-9-11-19(14-21(18)27)28-24(16-7-5-4-6-8-16)23-20-12-10-17(26(32)33-3)13-22(20)29-25(23)31/h4-14,28H,15H2,1-3H3,(H,29,31)/b24-23-. The summed E-state index contributed by atoms with van der Waals surface area (Å²) in [6, 6.07) is 20.9. The molecule has 2 N–H and O–H groups in total. The summed E-state index contributed by atoms with van der Waals surface area (Å²) in [5.74, 6) is -0.685. The van der Waals surface area contributed by atoms with Crippen LogP contribution in [0.4, 0.5) is 11.4 Å². The summed E-state index contributed by atoms with van der Waals surface area (Å²) in [6.07, 6.45) is 0. The number of amides is 1. The van der Waals surface area contributed by atoms with Crippen molar-refractivity contribution in [2.24, 2.45) is 0 Å². The second-order valence-electron chi connectivity index (χ2n) is 7.99. The van der Waals surface area contributed by atoms with Crippen LogP contribution in [0.1, 0.15) is 27.0 Å². The van der Waals surface area contributed by atoms with E-state index in [0.717, 1.165) is 27.8 Å². The highest BCUT2D eigenvalue weighted by Gasteiger charge is 2.29. The number of carbonyl (C=O) groups excluding carboxylic acids is 2. The van der Waals surface area contributed by atoms with Crippen LogP contribution in [0, 0.1) is 0 Å². The largest absolute Gasteiger partial charge is 0.465 e. The molecule has 0 aliphatic carbocycles. The molecule has 0 fully saturated rings. The minimum absolute atomic E-state index is 0.235. The molecule has 1 aliphatic rings. The van der Waals surface area contributed by atoms with Gasteiger partial charge in [-0.1, -0.05) is 58.4 Å². The number of carbonyl (C=O) groups is 2. The highest BCUT2D eigenvalue weighted by atomic mass is 79.9. The van der Waals surface area contributed by atoms with Gasteiger partial charge in [0.15, 0.2) is 0 Å². The van der Waals surface area contributed by atoms with Crippen LogP contribution >= 0.6 is 15.9 Å². The summed E-state index contributed by atoms with van der Waals surface area (Å²) in [4.78, 5) is 27.1. The van der Waals surface area contributed by atoms with Crippen LogP contribution in [0.3, 0.4) is 0 Å². The zero-order valence-corrected chi connectivity index (χ0v) is 20.2. The van der Waals surface area contributed by atoms with E-state index in [1.807, 2.05) is 56.6 Å². The summed E-state index contributed by atoms with van der Waals surface area (Å²) in [7, 11) is 5.38. The Morgan fingerprint density at radius 3 is 2.45 bits per heavy atom. The predicted octanol–water partition coefficient (Wildman–Crippen LogP) is 5.23. The van der Waals surface area contributed by atoms with Gasteiger partial charge in [-0.2, -0.15) is 0 Å². The molecular formula is C26H24BrN3O3. The number of hydrogen-bond donors (Lipinski definition) is 2. The molecule has 6 nitrogen and oxygen atoms in total. The maximum atomic E-state index is 13.1. The summed E-state index contributed by atoms with van der Waals surface area (Å²) in [5, 5.41) is 6.35. The van der Waals surface area contributed by atoms with Crippen molar-refractivity contribution in [1.82, 2.24) is 4.90 Å². The van der Waals surface area contributed by atoms with Gasteiger partial charge in [0.25, 0.3) is 5.91 Å². The van der Waals surface area contributed by atoms with Crippen molar-refractivity contribution in [2.45, 2.75) is 6.54 Å². The van der Waals surface area contributed by atoms with Gasteiger partial charge in [-0.25, -0.2) is 4.79 Å². The molecule has 168 valence electrons. The van der Waals surface area contributed by atoms with Gasteiger partial charge in [-0.05, 0) is 49.5 Å². The lowest BCUT2D eigenvalue weighted by molar-refractivity contribution is -0.110. The number of fused-ring (bicyclic) bond motifs is 1. The van der Waals surface area contributed by atoms with Crippen LogP contribution in [-0.4, -0.2) is 38.0 Å². The Balaban J connectivity index is 1.81. The molecule has 7 heteroatoms. The number of methoxy groups -OCH3 is 1. The first kappa shape index (κ1) is 22.8. The molecule has 0 atom stereocenters. The predicted molar refractivity (Wildman–Crippen MR) is 135 cm³/mol. The molecule has 0 radical (unpaired) electrons. The Hall–Kier alpha value is -3.42. The topological polar surface area (TPSA) is 70.7 Å². The first-order valence-electron chi connectivity index (χ1n) is 10.4. The van der Waals surface area contributed by atoms with Crippen LogP contribution in [-0.2, 0) is 16.1 Å². The molecule has 0 saturated carbocycles. The molecule has 0 saturated heterocycles. The minimum atomic E-state index is -0.450. The van der Waals surface area contributed by atoms with Crippen LogP contribution in [0.2, 0.25) is 0 Å². The SMILES string of the molecule is COC(=O)c1ccc2c(c1)NC(=O)/C2=C(\Nc1ccc(CN(C)C)c(Br)c1)c1ccccc1. The van der Waals surface area contributed by atoms with Gasteiger partial charge in [-0.3, -0.25) is 4.79 Å². The van der Waals surface area contributed by atoms with E-state index in [1.165, 1.54) is 12.7 Å². The van der Waals surface area contributed by atoms with E-state index in [9.17, 15) is 9.59 Å². The van der Waals surface area contributed by atoms with Crippen LogP contribution in [0.5, 0.6) is 0 Å². The number of hydrogen-bond acceptors (Lipinski definition) is 5. The van der Waals surface area contributed by atoms with Crippen molar-refractivity contribution in [1.29, 1.82) is 0 Å². The van der Waals surface area contributed by atoms with Crippen molar-refractivity contribution >= 4 is 50.5 Å². The third kappa shape index (κ3) is 4.84. The summed E-state index contributed by atoms with van der Waals surface area (Å²) >= 11 is 3.67. The monoisotopic (exact) mass is 505 g/mol. The molecule has 0 unspecified atom stereocenters. The number of halogens is 1. The molecule has 3 aromatic carbocycles. The van der Waals surface area contributed by atoms with E-state index in [2.05, 4.69) is 37.5 Å². The maximum absolute atomic E-state index is 13.1. The number of benzene rings is 3. The third-order valence-corrected chi connectivity index (χ3v) is 6.04. The Morgan fingerprint density at radius 2 is 1.79 bits per heavy atom. The fourth-order valence-electron chi connectivity index (χ4n) is 3.79. The van der Waals surface area contributed by atoms with Gasteiger partial charge in [-0.15, -0.1) is 0 Å². The summed E-state index contributed by atoms with van der Waals surface area (Å²) in [6.45, 7) is 0.811. The quantitative estimate of drug-likeness (QED) is 0.354. The second-order valence-corrected chi connectivity index (χ2v) is 8.85. The van der Waals surface area contributed by atoms with Crippen molar-refractivity contribution < 1.29 is 14.3 Å². The van der Waals surface area contributed by atoms with Gasteiger partial charge >= 0.3 is 5.97 Å². The molecule has 0 bridgehead atoms. The number of nitrogens with one attached hydrogen (secondary N) is 2. The van der Waals surface area contributed by atoms with E-state index in [4.69, 9.17) is 4.74 Å². The van der Waals surface area contributed by atoms with E-state index in [0.29, 0.717) is 22.5 Å². The Labute approximate surface area is 201 Å². The Morgan fingerprint density at radius 1 is 1.03 bits per heavy atom. The van der Waals surface area contributed by atoms with Crippen LogP contribution in [0.25, 0.3) is 11.3 Å². The van der Waals surface area contributed by atoms with Crippen LogP contribution < -0.4 is 10.6 Å². The Kier molecular flexibility index (Phi) is 6.62. The van der Waals surface area contributed by atoms with Gasteiger partial charge in [0.1, 0.15) is 0 Å². The minimum Gasteiger partial charge on any atom is -0.465 e. The average molecular weight is 506 g/mol. The normalized spacial score (nSPS) is 14.0. The lowest BCUT2D eigenvalue weighted by atomic mass is 9.99. The molecule has 0 aromatic heterocycles. The number of nitrogens with zero attached hydrogens (tertiary/aromatic N) is 1. The van der Waals surface area contributed by atoms with Crippen molar-refractivity contribution in [3.63, 3.8) is 0 Å². The van der Waals surface area contributed by atoms with Crippen molar-refractivity contribution in [3.05, 3.63) is 93.5 Å². The van der Waals surface area contributed by atoms with Crippen LogP contribution in [0.15, 0.2) is 71.2 Å². The van der Waals surface area contributed by atoms with Gasteiger partial charge in [0.2, 0.25) is 0 Å². The van der Waals surface area contributed by atoms with E-state index >= 15 is 0 Å². The third-order valence-electron chi connectivity index (χ3n) is 5.31. The molecule has 1 heterocycles. The van der Waals surface area contributed by atoms with E-state index < -0.39 is 5.97 Å². The lowest BCUT2D eigenvalue weighted by Crippen LogP contribution is -2.12. The van der Waals surface area contributed by atoms with Crippen molar-refractivity contribution in [3.8, 4) is 0 Å². The zero-order chi connectivity index (χ0) is 23.5. The molecule has 1 amide bonds. The fourth-order valence-corrected chi connectivity index (χ4v) is 4.29. The number of anilines is 2. The van der Waals surface area contributed by atoms with E-state index in [1.54, 1.807) is 18.2 Å². The highest BCUT2D eigenvalue weighted by molar-refractivity contribution is 9.10. The molecule has 1 aliphatic heterocycles. The van der Waals surface area contributed by atoms with Gasteiger partial charge in [0.05, 0.1) is 29.6 Å². The first-order chi connectivity index (χ1) is 15.9. The second kappa shape index (κ2) is 9.60. The highest BCUT2D eigenvalue weighted by Crippen LogP contribution is 2.38. The van der Waals surface area contributed by atoms with Crippen molar-refractivity contribution in [2.75, 3.05) is 31.8 Å². The number of rotatable bonds is 6. The van der Waals surface area contributed by atoms with E-state index in [-0.39, 0.29) is 5.91 Å².